The lowest BCUT2D eigenvalue weighted by Gasteiger charge is -2.27. The monoisotopic (exact) mass is 284 g/mol. The SMILES string of the molecule is Cc1ccc(Nc2cc(N3CCOCC3)ncn2)c(C)c1. The van der Waals surface area contributed by atoms with Gasteiger partial charge < -0.3 is 15.0 Å². The number of nitrogens with zero attached hydrogens (tertiary/aromatic N) is 3. The van der Waals surface area contributed by atoms with Crippen molar-refractivity contribution in [2.45, 2.75) is 13.8 Å². The molecule has 0 radical (unpaired) electrons. The molecule has 2 aromatic rings. The van der Waals surface area contributed by atoms with E-state index in [1.54, 1.807) is 6.33 Å². The Morgan fingerprint density at radius 1 is 1.10 bits per heavy atom. The molecule has 1 saturated heterocycles. The summed E-state index contributed by atoms with van der Waals surface area (Å²) in [5, 5.41) is 3.37. The Bertz CT molecular complexity index is 623. The minimum Gasteiger partial charge on any atom is -0.378 e. The Morgan fingerprint density at radius 2 is 1.90 bits per heavy atom. The van der Waals surface area contributed by atoms with E-state index in [9.17, 15) is 0 Å². The van der Waals surface area contributed by atoms with E-state index in [4.69, 9.17) is 4.74 Å². The van der Waals surface area contributed by atoms with Gasteiger partial charge in [-0.2, -0.15) is 0 Å². The molecule has 5 heteroatoms. The molecule has 1 aromatic carbocycles. The Balaban J connectivity index is 1.79. The Morgan fingerprint density at radius 3 is 2.67 bits per heavy atom. The average molecular weight is 284 g/mol. The van der Waals surface area contributed by atoms with Crippen molar-refractivity contribution in [3.63, 3.8) is 0 Å². The summed E-state index contributed by atoms with van der Waals surface area (Å²) < 4.78 is 5.37. The number of aromatic nitrogens is 2. The molecule has 0 spiro atoms. The van der Waals surface area contributed by atoms with Crippen molar-refractivity contribution in [2.24, 2.45) is 0 Å². The van der Waals surface area contributed by atoms with Crippen molar-refractivity contribution in [2.75, 3.05) is 36.5 Å². The minimum atomic E-state index is 0.754. The van der Waals surface area contributed by atoms with E-state index in [-0.39, 0.29) is 0 Å². The van der Waals surface area contributed by atoms with Crippen LogP contribution in [0.4, 0.5) is 17.3 Å². The van der Waals surface area contributed by atoms with Crippen molar-refractivity contribution < 1.29 is 4.74 Å². The first-order valence-electron chi connectivity index (χ1n) is 7.21. The zero-order valence-corrected chi connectivity index (χ0v) is 12.5. The fraction of sp³-hybridized carbons (Fsp3) is 0.375. The van der Waals surface area contributed by atoms with Gasteiger partial charge in [-0.25, -0.2) is 9.97 Å². The first kappa shape index (κ1) is 13.8. The van der Waals surface area contributed by atoms with Crippen LogP contribution < -0.4 is 10.2 Å². The predicted molar refractivity (Wildman–Crippen MR) is 84.3 cm³/mol. The fourth-order valence-corrected chi connectivity index (χ4v) is 2.47. The maximum absolute atomic E-state index is 5.37. The molecule has 21 heavy (non-hydrogen) atoms. The van der Waals surface area contributed by atoms with Crippen molar-refractivity contribution in [1.82, 2.24) is 9.97 Å². The van der Waals surface area contributed by atoms with Gasteiger partial charge in [-0.1, -0.05) is 17.7 Å². The first-order chi connectivity index (χ1) is 10.2. The molecule has 0 atom stereocenters. The summed E-state index contributed by atoms with van der Waals surface area (Å²) in [4.78, 5) is 10.9. The summed E-state index contributed by atoms with van der Waals surface area (Å²) >= 11 is 0. The number of nitrogens with one attached hydrogen (secondary N) is 1. The number of morpholine rings is 1. The van der Waals surface area contributed by atoms with E-state index in [0.717, 1.165) is 43.6 Å². The number of hydrogen-bond acceptors (Lipinski definition) is 5. The van der Waals surface area contributed by atoms with Crippen LogP contribution in [-0.2, 0) is 4.74 Å². The van der Waals surface area contributed by atoms with E-state index in [0.29, 0.717) is 0 Å². The van der Waals surface area contributed by atoms with Crippen LogP contribution in [0.2, 0.25) is 0 Å². The van der Waals surface area contributed by atoms with Crippen LogP contribution in [0, 0.1) is 13.8 Å². The molecular formula is C16H20N4O. The van der Waals surface area contributed by atoms with Gasteiger partial charge in [0.15, 0.2) is 0 Å². The van der Waals surface area contributed by atoms with Crippen molar-refractivity contribution >= 4 is 17.3 Å². The molecular weight excluding hydrogens is 264 g/mol. The molecule has 110 valence electrons. The highest BCUT2D eigenvalue weighted by atomic mass is 16.5. The van der Waals surface area contributed by atoms with E-state index in [1.807, 2.05) is 6.07 Å². The maximum atomic E-state index is 5.37. The van der Waals surface area contributed by atoms with Crippen LogP contribution >= 0.6 is 0 Å². The lowest BCUT2D eigenvalue weighted by molar-refractivity contribution is 0.122. The van der Waals surface area contributed by atoms with Gasteiger partial charge in [0.2, 0.25) is 0 Å². The maximum Gasteiger partial charge on any atom is 0.135 e. The molecule has 1 aromatic heterocycles. The number of hydrogen-bond donors (Lipinski definition) is 1. The molecule has 0 amide bonds. The highest BCUT2D eigenvalue weighted by Crippen LogP contribution is 2.22. The number of rotatable bonds is 3. The van der Waals surface area contributed by atoms with Gasteiger partial charge in [0.1, 0.15) is 18.0 Å². The molecule has 3 rings (SSSR count). The lowest BCUT2D eigenvalue weighted by Crippen LogP contribution is -2.36. The van der Waals surface area contributed by atoms with E-state index < -0.39 is 0 Å². The van der Waals surface area contributed by atoms with Gasteiger partial charge in [0.25, 0.3) is 0 Å². The van der Waals surface area contributed by atoms with E-state index in [1.165, 1.54) is 11.1 Å². The number of aryl methyl sites for hydroxylation is 2. The molecule has 1 aliphatic rings. The first-order valence-corrected chi connectivity index (χ1v) is 7.21. The second-order valence-corrected chi connectivity index (χ2v) is 5.30. The zero-order valence-electron chi connectivity index (χ0n) is 12.5. The van der Waals surface area contributed by atoms with E-state index in [2.05, 4.69) is 52.2 Å². The van der Waals surface area contributed by atoms with Crippen LogP contribution in [0.5, 0.6) is 0 Å². The van der Waals surface area contributed by atoms with Gasteiger partial charge in [0, 0.05) is 24.8 Å². The van der Waals surface area contributed by atoms with Crippen molar-refractivity contribution in [3.05, 3.63) is 41.7 Å². The standard InChI is InChI=1S/C16H20N4O/c1-12-3-4-14(13(2)9-12)19-15-10-16(18-11-17-15)20-5-7-21-8-6-20/h3-4,9-11H,5-8H2,1-2H3,(H,17,18,19). The molecule has 2 heterocycles. The fourth-order valence-electron chi connectivity index (χ4n) is 2.47. The molecule has 0 saturated carbocycles. The summed E-state index contributed by atoms with van der Waals surface area (Å²) in [6.07, 6.45) is 1.61. The van der Waals surface area contributed by atoms with Crippen LogP contribution in [0.1, 0.15) is 11.1 Å². The molecule has 5 nitrogen and oxygen atoms in total. The Kier molecular flexibility index (Phi) is 4.01. The Labute approximate surface area is 125 Å². The third kappa shape index (κ3) is 3.31. The van der Waals surface area contributed by atoms with Gasteiger partial charge in [-0.3, -0.25) is 0 Å². The van der Waals surface area contributed by atoms with Crippen LogP contribution in [0.25, 0.3) is 0 Å². The number of ether oxygens (including phenoxy) is 1. The number of anilines is 3. The molecule has 1 aliphatic heterocycles. The molecule has 0 bridgehead atoms. The Hall–Kier alpha value is -2.14. The summed E-state index contributed by atoms with van der Waals surface area (Å²) in [5.74, 6) is 1.76. The minimum absolute atomic E-state index is 0.754. The van der Waals surface area contributed by atoms with Gasteiger partial charge in [0.05, 0.1) is 13.2 Å². The summed E-state index contributed by atoms with van der Waals surface area (Å²) in [6, 6.07) is 8.33. The lowest BCUT2D eigenvalue weighted by atomic mass is 10.1. The third-order valence-electron chi connectivity index (χ3n) is 3.63. The number of benzene rings is 1. The smallest absolute Gasteiger partial charge is 0.135 e. The van der Waals surface area contributed by atoms with Crippen molar-refractivity contribution in [3.8, 4) is 0 Å². The predicted octanol–water partition coefficient (Wildman–Crippen LogP) is 2.67. The molecule has 1 fully saturated rings. The quantitative estimate of drug-likeness (QED) is 0.939. The van der Waals surface area contributed by atoms with Gasteiger partial charge in [-0.05, 0) is 25.5 Å². The highest BCUT2D eigenvalue weighted by Gasteiger charge is 2.13. The van der Waals surface area contributed by atoms with Gasteiger partial charge >= 0.3 is 0 Å². The topological polar surface area (TPSA) is 50.3 Å². The van der Waals surface area contributed by atoms with E-state index >= 15 is 0 Å². The second-order valence-electron chi connectivity index (χ2n) is 5.30. The zero-order chi connectivity index (χ0) is 14.7. The largest absolute Gasteiger partial charge is 0.378 e. The van der Waals surface area contributed by atoms with Gasteiger partial charge in [-0.15, -0.1) is 0 Å². The second kappa shape index (κ2) is 6.10. The summed E-state index contributed by atoms with van der Waals surface area (Å²) in [6.45, 7) is 7.45. The molecule has 0 unspecified atom stereocenters. The summed E-state index contributed by atoms with van der Waals surface area (Å²) in [5.41, 5.74) is 3.54. The van der Waals surface area contributed by atoms with Crippen LogP contribution in [0.3, 0.4) is 0 Å². The third-order valence-corrected chi connectivity index (χ3v) is 3.63. The highest BCUT2D eigenvalue weighted by molar-refractivity contribution is 5.63. The molecule has 1 N–H and O–H groups in total. The van der Waals surface area contributed by atoms with Crippen molar-refractivity contribution in [1.29, 1.82) is 0 Å². The van der Waals surface area contributed by atoms with Crippen LogP contribution in [-0.4, -0.2) is 36.3 Å². The van der Waals surface area contributed by atoms with Crippen LogP contribution in [0.15, 0.2) is 30.6 Å². The molecule has 0 aliphatic carbocycles. The summed E-state index contributed by atoms with van der Waals surface area (Å²) in [7, 11) is 0. The normalized spacial score (nSPS) is 15.0. The average Bonchev–Trinajstić information content (AvgIpc) is 2.51.